The van der Waals surface area contributed by atoms with Crippen molar-refractivity contribution >= 4 is 40.1 Å². The van der Waals surface area contributed by atoms with Crippen molar-refractivity contribution in [2.24, 2.45) is 5.16 Å². The Morgan fingerprint density at radius 3 is 2.85 bits per heavy atom. The van der Waals surface area contributed by atoms with Gasteiger partial charge in [0.05, 0.1) is 5.52 Å². The van der Waals surface area contributed by atoms with Crippen molar-refractivity contribution in [2.45, 2.75) is 0 Å². The summed E-state index contributed by atoms with van der Waals surface area (Å²) in [5.74, 6) is 0.120. The molecule has 0 bridgehead atoms. The van der Waals surface area contributed by atoms with Gasteiger partial charge in [-0.05, 0) is 44.4 Å². The van der Waals surface area contributed by atoms with Gasteiger partial charge >= 0.3 is 0 Å². The van der Waals surface area contributed by atoms with E-state index < -0.39 is 5.82 Å². The fraction of sp³-hybridized carbons (Fsp3) is 0.222. The molecule has 0 saturated carbocycles. The van der Waals surface area contributed by atoms with E-state index in [1.807, 2.05) is 19.0 Å². The number of anilines is 2. The Bertz CT molecular complexity index is 972. The van der Waals surface area contributed by atoms with Crippen LogP contribution in [0.5, 0.6) is 0 Å². The number of fused-ring (bicyclic) bond motifs is 1. The number of nitrogens with zero attached hydrogens (tertiary/aromatic N) is 3. The van der Waals surface area contributed by atoms with Crippen LogP contribution in [0.1, 0.15) is 5.56 Å². The van der Waals surface area contributed by atoms with Gasteiger partial charge in [-0.3, -0.25) is 0 Å². The van der Waals surface area contributed by atoms with Gasteiger partial charge in [0.25, 0.3) is 0 Å². The van der Waals surface area contributed by atoms with Gasteiger partial charge in [0.2, 0.25) is 5.95 Å². The van der Waals surface area contributed by atoms with E-state index in [0.717, 1.165) is 6.54 Å². The largest absolute Gasteiger partial charge is 0.409 e. The first-order valence-corrected chi connectivity index (χ1v) is 8.67. The zero-order chi connectivity index (χ0) is 19.4. The third-order valence-corrected chi connectivity index (χ3v) is 4.12. The number of rotatable bonds is 6. The molecule has 3 aromatic rings. The first-order chi connectivity index (χ1) is 13.0. The lowest BCUT2D eigenvalue weighted by atomic mass is 10.1. The number of aromatic nitrogens is 2. The van der Waals surface area contributed by atoms with Crippen LogP contribution in [-0.4, -0.2) is 53.1 Å². The average molecular weight is 391 g/mol. The number of halogens is 2. The molecule has 0 fully saturated rings. The van der Waals surface area contributed by atoms with Crippen molar-refractivity contribution in [1.29, 1.82) is 0 Å². The van der Waals surface area contributed by atoms with Crippen molar-refractivity contribution in [2.75, 3.05) is 37.8 Å². The highest BCUT2D eigenvalue weighted by molar-refractivity contribution is 6.31. The summed E-state index contributed by atoms with van der Waals surface area (Å²) < 4.78 is 14.2. The maximum atomic E-state index is 14.2. The van der Waals surface area contributed by atoms with Gasteiger partial charge < -0.3 is 25.7 Å². The van der Waals surface area contributed by atoms with Crippen LogP contribution >= 0.6 is 11.6 Å². The molecule has 4 N–H and O–H groups in total. The molecule has 142 valence electrons. The van der Waals surface area contributed by atoms with E-state index in [2.05, 4.69) is 25.8 Å². The number of likely N-dealkylation sites (N-methyl/N-ethyl adjacent to an activating group) is 1. The van der Waals surface area contributed by atoms with Crippen LogP contribution in [-0.2, 0) is 0 Å². The summed E-state index contributed by atoms with van der Waals surface area (Å²) in [6.45, 7) is 1.44. The average Bonchev–Trinajstić information content (AvgIpc) is 3.05. The van der Waals surface area contributed by atoms with Crippen LogP contribution in [0.3, 0.4) is 0 Å². The predicted molar refractivity (Wildman–Crippen MR) is 106 cm³/mol. The fourth-order valence-corrected chi connectivity index (χ4v) is 2.78. The van der Waals surface area contributed by atoms with Crippen LogP contribution in [0.4, 0.5) is 16.0 Å². The van der Waals surface area contributed by atoms with Crippen molar-refractivity contribution in [1.82, 2.24) is 14.9 Å². The molecule has 7 nitrogen and oxygen atoms in total. The molecule has 9 heteroatoms. The van der Waals surface area contributed by atoms with Crippen LogP contribution in [0, 0.1) is 5.82 Å². The molecule has 1 heterocycles. The first kappa shape index (κ1) is 18.9. The summed E-state index contributed by atoms with van der Waals surface area (Å²) in [5, 5.41) is 19.5. The van der Waals surface area contributed by atoms with Crippen LogP contribution in [0.2, 0.25) is 5.02 Å². The monoisotopic (exact) mass is 390 g/mol. The lowest BCUT2D eigenvalue weighted by Crippen LogP contribution is -2.21. The summed E-state index contributed by atoms with van der Waals surface area (Å²) in [6, 6.07) is 9.77. The smallest absolute Gasteiger partial charge is 0.201 e. The summed E-state index contributed by atoms with van der Waals surface area (Å²) in [6.07, 6.45) is 0. The van der Waals surface area contributed by atoms with Crippen LogP contribution in [0.15, 0.2) is 41.6 Å². The number of oxime groups is 1. The Morgan fingerprint density at radius 2 is 2.15 bits per heavy atom. The molecule has 0 spiro atoms. The highest BCUT2D eigenvalue weighted by Crippen LogP contribution is 2.24. The number of hydrogen-bond donors (Lipinski definition) is 4. The lowest BCUT2D eigenvalue weighted by molar-refractivity contribution is 0.319. The minimum atomic E-state index is -0.467. The highest BCUT2D eigenvalue weighted by atomic mass is 35.5. The van der Waals surface area contributed by atoms with E-state index in [1.165, 1.54) is 12.1 Å². The molecular formula is C18H20ClFN6O. The van der Waals surface area contributed by atoms with E-state index in [4.69, 9.17) is 11.6 Å². The Labute approximate surface area is 160 Å². The van der Waals surface area contributed by atoms with E-state index in [0.29, 0.717) is 34.3 Å². The standard InChI is InChI=1S/C18H20ClFN6O/c1-26(2)9-8-21-18-23-15-13(6-7-14(20)16(15)24-18)17(25-27)22-12-5-3-4-11(19)10-12/h3-7,10,27H,8-9H2,1-2H3,(H,22,25)(H2,21,23,24). The van der Waals surface area contributed by atoms with Gasteiger partial charge in [-0.15, -0.1) is 0 Å². The molecule has 0 saturated heterocycles. The number of imidazole rings is 1. The predicted octanol–water partition coefficient (Wildman–Crippen LogP) is 3.58. The fourth-order valence-electron chi connectivity index (χ4n) is 2.59. The zero-order valence-corrected chi connectivity index (χ0v) is 15.7. The van der Waals surface area contributed by atoms with Crippen LogP contribution in [0.25, 0.3) is 11.0 Å². The summed E-state index contributed by atoms with van der Waals surface area (Å²) in [4.78, 5) is 9.33. The number of amidine groups is 1. The lowest BCUT2D eigenvalue weighted by Gasteiger charge is -2.10. The molecule has 0 amide bonds. The minimum Gasteiger partial charge on any atom is -0.409 e. The molecule has 0 aliphatic rings. The molecule has 1 aromatic heterocycles. The second kappa shape index (κ2) is 8.24. The van der Waals surface area contributed by atoms with Crippen molar-refractivity contribution in [3.8, 4) is 0 Å². The number of hydrogen-bond acceptors (Lipinski definition) is 5. The van der Waals surface area contributed by atoms with Gasteiger partial charge in [0.15, 0.2) is 11.7 Å². The Morgan fingerprint density at radius 1 is 1.33 bits per heavy atom. The molecule has 0 aliphatic heterocycles. The van der Waals surface area contributed by atoms with Gasteiger partial charge in [0.1, 0.15) is 5.52 Å². The zero-order valence-electron chi connectivity index (χ0n) is 14.9. The molecule has 2 aromatic carbocycles. The van der Waals surface area contributed by atoms with Gasteiger partial charge in [-0.25, -0.2) is 9.37 Å². The second-order valence-electron chi connectivity index (χ2n) is 6.22. The SMILES string of the molecule is CN(C)CCNc1nc2c(F)ccc(/C(=N\O)Nc3cccc(Cl)c3)c2[nH]1. The van der Waals surface area contributed by atoms with Gasteiger partial charge in [-0.2, -0.15) is 0 Å². The molecule has 0 aliphatic carbocycles. The molecule has 0 atom stereocenters. The molecular weight excluding hydrogens is 371 g/mol. The molecule has 0 unspecified atom stereocenters. The molecule has 0 radical (unpaired) electrons. The van der Waals surface area contributed by atoms with Gasteiger partial charge in [0, 0.05) is 29.4 Å². The molecule has 27 heavy (non-hydrogen) atoms. The first-order valence-electron chi connectivity index (χ1n) is 8.30. The second-order valence-corrected chi connectivity index (χ2v) is 6.65. The normalized spacial score (nSPS) is 12.0. The number of nitrogens with one attached hydrogen (secondary N) is 3. The van der Waals surface area contributed by atoms with Gasteiger partial charge in [-0.1, -0.05) is 22.8 Å². The number of H-pyrrole nitrogens is 1. The minimum absolute atomic E-state index is 0.144. The van der Waals surface area contributed by atoms with Crippen molar-refractivity contribution in [3.63, 3.8) is 0 Å². The summed E-state index contributed by atoms with van der Waals surface area (Å²) in [5.41, 5.74) is 1.69. The third-order valence-electron chi connectivity index (χ3n) is 3.89. The van der Waals surface area contributed by atoms with E-state index in [9.17, 15) is 9.60 Å². The van der Waals surface area contributed by atoms with Crippen molar-refractivity contribution < 1.29 is 9.60 Å². The quantitative estimate of drug-likeness (QED) is 0.223. The van der Waals surface area contributed by atoms with Crippen LogP contribution < -0.4 is 10.6 Å². The summed E-state index contributed by atoms with van der Waals surface area (Å²) >= 11 is 5.99. The highest BCUT2D eigenvalue weighted by Gasteiger charge is 2.16. The maximum Gasteiger partial charge on any atom is 0.201 e. The Hall–Kier alpha value is -2.84. The number of benzene rings is 2. The topological polar surface area (TPSA) is 88.6 Å². The summed E-state index contributed by atoms with van der Waals surface area (Å²) in [7, 11) is 3.92. The van der Waals surface area contributed by atoms with Crippen molar-refractivity contribution in [3.05, 3.63) is 52.8 Å². The third kappa shape index (κ3) is 4.47. The maximum absolute atomic E-state index is 14.2. The Kier molecular flexibility index (Phi) is 5.78. The number of aromatic amines is 1. The van der Waals surface area contributed by atoms with E-state index in [-0.39, 0.29) is 11.4 Å². The van der Waals surface area contributed by atoms with E-state index >= 15 is 0 Å². The van der Waals surface area contributed by atoms with E-state index in [1.54, 1.807) is 24.3 Å². The molecule has 3 rings (SSSR count). The Balaban J connectivity index is 1.92.